The van der Waals surface area contributed by atoms with E-state index in [2.05, 4.69) is 10.4 Å². The maximum absolute atomic E-state index is 5.39. The number of nitrogens with two attached hydrogens (primary N) is 2. The maximum atomic E-state index is 5.39. The van der Waals surface area contributed by atoms with Crippen molar-refractivity contribution in [3.05, 3.63) is 18.2 Å². The smallest absolute Gasteiger partial charge is 0.231 e. The van der Waals surface area contributed by atoms with Gasteiger partial charge in [0.05, 0.1) is 5.69 Å². The Hall–Kier alpha value is -1.95. The van der Waals surface area contributed by atoms with Crippen molar-refractivity contribution in [1.82, 2.24) is 5.43 Å². The first kappa shape index (κ1) is 8.64. The summed E-state index contributed by atoms with van der Waals surface area (Å²) in [4.78, 5) is 3.98. The van der Waals surface area contributed by atoms with Gasteiger partial charge in [-0.25, -0.2) is 10.8 Å². The fraction of sp³-hybridized carbons (Fsp3) is 0.125. The molecule has 1 aliphatic rings. The summed E-state index contributed by atoms with van der Waals surface area (Å²) in [7, 11) is 0. The minimum absolute atomic E-state index is 0.142. The normalized spacial score (nSPS) is 14.2. The SMILES string of the molecule is NNC(N)=Nc1ccc2c(c1)OCO2. The standard InChI is InChI=1S/C8H10N4O2/c9-8(12-10)11-5-1-2-6-7(3-5)14-4-13-6/h1-3H,4,10H2,(H3,9,11,12). The fourth-order valence-electron chi connectivity index (χ4n) is 1.13. The molecule has 74 valence electrons. The number of fused-ring (bicyclic) bond motifs is 1. The van der Waals surface area contributed by atoms with Gasteiger partial charge in [0.1, 0.15) is 0 Å². The number of hydrogen-bond acceptors (Lipinski definition) is 4. The van der Waals surface area contributed by atoms with Crippen LogP contribution in [0, 0.1) is 0 Å². The molecule has 1 aliphatic heterocycles. The van der Waals surface area contributed by atoms with Gasteiger partial charge in [-0.05, 0) is 12.1 Å². The third-order valence-corrected chi connectivity index (χ3v) is 1.75. The number of hydrazine groups is 1. The van der Waals surface area contributed by atoms with Crippen molar-refractivity contribution in [3.8, 4) is 11.5 Å². The zero-order valence-corrected chi connectivity index (χ0v) is 7.36. The van der Waals surface area contributed by atoms with E-state index in [-0.39, 0.29) is 12.8 Å². The van der Waals surface area contributed by atoms with Crippen molar-refractivity contribution in [3.63, 3.8) is 0 Å². The molecule has 6 heteroatoms. The van der Waals surface area contributed by atoms with Crippen molar-refractivity contribution in [2.24, 2.45) is 16.6 Å². The van der Waals surface area contributed by atoms with E-state index in [0.29, 0.717) is 17.2 Å². The Morgan fingerprint density at radius 1 is 1.36 bits per heavy atom. The molecule has 0 saturated heterocycles. The highest BCUT2D eigenvalue weighted by molar-refractivity contribution is 5.80. The average molecular weight is 194 g/mol. The van der Waals surface area contributed by atoms with E-state index in [1.54, 1.807) is 18.2 Å². The van der Waals surface area contributed by atoms with Crippen LogP contribution in [0.2, 0.25) is 0 Å². The lowest BCUT2D eigenvalue weighted by atomic mass is 10.3. The molecule has 1 aromatic carbocycles. The topological polar surface area (TPSA) is 94.9 Å². The largest absolute Gasteiger partial charge is 0.454 e. The average Bonchev–Trinajstić information content (AvgIpc) is 2.64. The molecule has 0 saturated carbocycles. The summed E-state index contributed by atoms with van der Waals surface area (Å²) >= 11 is 0. The number of hydrogen-bond donors (Lipinski definition) is 3. The molecule has 14 heavy (non-hydrogen) atoms. The molecule has 0 unspecified atom stereocenters. The van der Waals surface area contributed by atoms with Gasteiger partial charge in [-0.3, -0.25) is 5.43 Å². The van der Waals surface area contributed by atoms with E-state index in [0.717, 1.165) is 0 Å². The highest BCUT2D eigenvalue weighted by Gasteiger charge is 2.12. The Morgan fingerprint density at radius 2 is 2.14 bits per heavy atom. The molecule has 0 amide bonds. The van der Waals surface area contributed by atoms with Crippen molar-refractivity contribution < 1.29 is 9.47 Å². The van der Waals surface area contributed by atoms with Gasteiger partial charge in [0, 0.05) is 6.07 Å². The first-order valence-electron chi connectivity index (χ1n) is 4.00. The number of benzene rings is 1. The Bertz CT molecular complexity index is 378. The monoisotopic (exact) mass is 194 g/mol. The Morgan fingerprint density at radius 3 is 2.93 bits per heavy atom. The van der Waals surface area contributed by atoms with E-state index >= 15 is 0 Å². The van der Waals surface area contributed by atoms with Crippen molar-refractivity contribution in [2.75, 3.05) is 6.79 Å². The molecule has 0 fully saturated rings. The van der Waals surface area contributed by atoms with E-state index in [1.165, 1.54) is 0 Å². The molecule has 0 spiro atoms. The number of guanidine groups is 1. The van der Waals surface area contributed by atoms with Gasteiger partial charge in [-0.15, -0.1) is 0 Å². The molecule has 1 heterocycles. The molecular weight excluding hydrogens is 184 g/mol. The van der Waals surface area contributed by atoms with Crippen LogP contribution in [0.25, 0.3) is 0 Å². The zero-order chi connectivity index (χ0) is 9.97. The molecule has 5 N–H and O–H groups in total. The third kappa shape index (κ3) is 1.55. The van der Waals surface area contributed by atoms with Crippen LogP contribution < -0.4 is 26.5 Å². The predicted octanol–water partition coefficient (Wildman–Crippen LogP) is -0.175. The number of nitrogens with zero attached hydrogens (tertiary/aromatic N) is 1. The molecule has 0 aromatic heterocycles. The molecule has 2 rings (SSSR count). The van der Waals surface area contributed by atoms with Crippen LogP contribution in [0.5, 0.6) is 11.5 Å². The molecule has 0 atom stereocenters. The van der Waals surface area contributed by atoms with Crippen LogP contribution in [0.15, 0.2) is 23.2 Å². The maximum Gasteiger partial charge on any atom is 0.231 e. The number of nitrogens with one attached hydrogen (secondary N) is 1. The van der Waals surface area contributed by atoms with E-state index in [9.17, 15) is 0 Å². The van der Waals surface area contributed by atoms with Gasteiger partial charge >= 0.3 is 0 Å². The Labute approximate surface area is 80.5 Å². The second-order valence-corrected chi connectivity index (χ2v) is 2.68. The number of aliphatic imine (C=N–C) groups is 1. The van der Waals surface area contributed by atoms with Crippen LogP contribution in [-0.2, 0) is 0 Å². The van der Waals surface area contributed by atoms with Crippen LogP contribution in [0.3, 0.4) is 0 Å². The fourth-order valence-corrected chi connectivity index (χ4v) is 1.13. The summed E-state index contributed by atoms with van der Waals surface area (Å²) in [5.41, 5.74) is 8.29. The first-order valence-corrected chi connectivity index (χ1v) is 4.00. The van der Waals surface area contributed by atoms with Gasteiger partial charge in [-0.2, -0.15) is 0 Å². The van der Waals surface area contributed by atoms with Gasteiger partial charge in [0.2, 0.25) is 12.8 Å². The van der Waals surface area contributed by atoms with Gasteiger partial charge < -0.3 is 15.2 Å². The molecule has 0 bridgehead atoms. The molecule has 0 radical (unpaired) electrons. The molecule has 1 aromatic rings. The summed E-state index contributed by atoms with van der Waals surface area (Å²) < 4.78 is 10.3. The van der Waals surface area contributed by atoms with Gasteiger partial charge in [-0.1, -0.05) is 0 Å². The van der Waals surface area contributed by atoms with Crippen molar-refractivity contribution >= 4 is 11.6 Å². The predicted molar refractivity (Wildman–Crippen MR) is 51.2 cm³/mol. The summed E-state index contributed by atoms with van der Waals surface area (Å²) in [6.07, 6.45) is 0. The minimum atomic E-state index is 0.142. The van der Waals surface area contributed by atoms with E-state index in [4.69, 9.17) is 21.1 Å². The number of ether oxygens (including phenoxy) is 2. The Kier molecular flexibility index (Phi) is 2.11. The second kappa shape index (κ2) is 3.43. The van der Waals surface area contributed by atoms with Crippen LogP contribution in [0.1, 0.15) is 0 Å². The van der Waals surface area contributed by atoms with Crippen LogP contribution in [0.4, 0.5) is 5.69 Å². The van der Waals surface area contributed by atoms with E-state index in [1.807, 2.05) is 0 Å². The van der Waals surface area contributed by atoms with Crippen molar-refractivity contribution in [1.29, 1.82) is 0 Å². The zero-order valence-electron chi connectivity index (χ0n) is 7.36. The van der Waals surface area contributed by atoms with Crippen LogP contribution >= 0.6 is 0 Å². The number of rotatable bonds is 1. The molecule has 0 aliphatic carbocycles. The Balaban J connectivity index is 2.29. The summed E-state index contributed by atoms with van der Waals surface area (Å²) in [6.45, 7) is 0.243. The molecule has 6 nitrogen and oxygen atoms in total. The molecular formula is C8H10N4O2. The highest BCUT2D eigenvalue weighted by Crippen LogP contribution is 2.34. The van der Waals surface area contributed by atoms with Crippen molar-refractivity contribution in [2.45, 2.75) is 0 Å². The lowest BCUT2D eigenvalue weighted by molar-refractivity contribution is 0.174. The highest BCUT2D eigenvalue weighted by atomic mass is 16.7. The van der Waals surface area contributed by atoms with Gasteiger partial charge in [0.25, 0.3) is 0 Å². The third-order valence-electron chi connectivity index (χ3n) is 1.75. The summed E-state index contributed by atoms with van der Waals surface area (Å²) in [5.74, 6) is 6.59. The minimum Gasteiger partial charge on any atom is -0.454 e. The van der Waals surface area contributed by atoms with E-state index < -0.39 is 0 Å². The lowest BCUT2D eigenvalue weighted by Crippen LogP contribution is -2.36. The van der Waals surface area contributed by atoms with Crippen LogP contribution in [-0.4, -0.2) is 12.8 Å². The summed E-state index contributed by atoms with van der Waals surface area (Å²) in [6, 6.07) is 5.26. The summed E-state index contributed by atoms with van der Waals surface area (Å²) in [5, 5.41) is 0. The second-order valence-electron chi connectivity index (χ2n) is 2.68. The van der Waals surface area contributed by atoms with Gasteiger partial charge in [0.15, 0.2) is 11.5 Å². The quantitative estimate of drug-likeness (QED) is 0.249. The first-order chi connectivity index (χ1) is 6.79. The lowest BCUT2D eigenvalue weighted by Gasteiger charge is -1.99.